The summed E-state index contributed by atoms with van der Waals surface area (Å²) in [7, 11) is 1.59. The fraction of sp³-hybridized carbons (Fsp3) is 0.154. The van der Waals surface area contributed by atoms with Gasteiger partial charge in [0.1, 0.15) is 11.6 Å². The molecule has 0 aliphatic rings. The van der Waals surface area contributed by atoms with Crippen molar-refractivity contribution in [2.24, 2.45) is 0 Å². The van der Waals surface area contributed by atoms with Crippen molar-refractivity contribution in [1.82, 2.24) is 19.8 Å². The summed E-state index contributed by atoms with van der Waals surface area (Å²) in [5, 5.41) is 23.8. The molecular weight excluding hydrogens is 306 g/mol. The predicted molar refractivity (Wildman–Crippen MR) is 81.4 cm³/mol. The Labute approximate surface area is 128 Å². The van der Waals surface area contributed by atoms with E-state index in [-0.39, 0.29) is 5.69 Å². The summed E-state index contributed by atoms with van der Waals surface area (Å²) in [6, 6.07) is 6.31. The van der Waals surface area contributed by atoms with Gasteiger partial charge in [0, 0.05) is 19.2 Å². The molecule has 0 bridgehead atoms. The molecule has 0 unspecified atom stereocenters. The lowest BCUT2D eigenvalue weighted by molar-refractivity contribution is -0.384. The Morgan fingerprint density at radius 3 is 2.77 bits per heavy atom. The molecule has 0 spiro atoms. The fourth-order valence-corrected chi connectivity index (χ4v) is 2.59. The number of non-ortho nitro benzene ring substituents is 1. The van der Waals surface area contributed by atoms with Crippen LogP contribution in [0.15, 0.2) is 24.3 Å². The molecule has 112 valence electrons. The average molecular weight is 317 g/mol. The highest BCUT2D eigenvalue weighted by molar-refractivity contribution is 7.17. The number of nitro benzene ring substituents is 1. The lowest BCUT2D eigenvalue weighted by Gasteiger charge is -1.93. The summed E-state index contributed by atoms with van der Waals surface area (Å²) in [4.78, 5) is 10.9. The van der Waals surface area contributed by atoms with Crippen LogP contribution in [0.4, 0.5) is 5.69 Å². The standard InChI is InChI=1S/C13H11N5O3S/c1-21-8-11-14-15-13-17(11)16-12(22-13)7-4-9-2-5-10(6-3-9)18(19)20/h2-7H,8H2,1H3/b7-4+. The zero-order chi connectivity index (χ0) is 15.5. The van der Waals surface area contributed by atoms with Crippen LogP contribution in [-0.2, 0) is 11.3 Å². The van der Waals surface area contributed by atoms with Gasteiger partial charge in [0.15, 0.2) is 5.82 Å². The van der Waals surface area contributed by atoms with E-state index in [1.54, 1.807) is 23.8 Å². The van der Waals surface area contributed by atoms with Crippen molar-refractivity contribution in [2.45, 2.75) is 6.61 Å². The maximum absolute atomic E-state index is 10.6. The maximum Gasteiger partial charge on any atom is 0.269 e. The third kappa shape index (κ3) is 2.85. The molecular formula is C13H11N5O3S. The van der Waals surface area contributed by atoms with Crippen LogP contribution in [-0.4, -0.2) is 31.8 Å². The Kier molecular flexibility index (Phi) is 3.90. The molecule has 0 atom stereocenters. The van der Waals surface area contributed by atoms with Crippen LogP contribution in [0.3, 0.4) is 0 Å². The fourth-order valence-electron chi connectivity index (χ4n) is 1.83. The normalized spacial score (nSPS) is 11.5. The number of hydrogen-bond donors (Lipinski definition) is 0. The zero-order valence-corrected chi connectivity index (χ0v) is 12.4. The monoisotopic (exact) mass is 317 g/mol. The summed E-state index contributed by atoms with van der Waals surface area (Å²) >= 11 is 1.40. The summed E-state index contributed by atoms with van der Waals surface area (Å²) in [6.07, 6.45) is 3.67. The van der Waals surface area contributed by atoms with E-state index in [0.29, 0.717) is 17.4 Å². The van der Waals surface area contributed by atoms with E-state index in [2.05, 4.69) is 15.3 Å². The molecule has 0 N–H and O–H groups in total. The molecule has 3 rings (SSSR count). The van der Waals surface area contributed by atoms with Gasteiger partial charge in [0.2, 0.25) is 4.96 Å². The first-order valence-electron chi connectivity index (χ1n) is 6.30. The van der Waals surface area contributed by atoms with Gasteiger partial charge in [-0.05, 0) is 23.8 Å². The second-order valence-electron chi connectivity index (χ2n) is 4.37. The third-order valence-electron chi connectivity index (χ3n) is 2.87. The Bertz CT molecular complexity index is 837. The smallest absolute Gasteiger partial charge is 0.269 e. The van der Waals surface area contributed by atoms with Crippen LogP contribution in [0.2, 0.25) is 0 Å². The molecule has 0 aliphatic carbocycles. The van der Waals surface area contributed by atoms with E-state index in [0.717, 1.165) is 10.6 Å². The number of fused-ring (bicyclic) bond motifs is 1. The van der Waals surface area contributed by atoms with Crippen molar-refractivity contribution in [3.05, 3.63) is 50.8 Å². The van der Waals surface area contributed by atoms with E-state index < -0.39 is 4.92 Å². The Morgan fingerprint density at radius 1 is 1.32 bits per heavy atom. The molecule has 0 radical (unpaired) electrons. The molecule has 2 aromatic heterocycles. The van der Waals surface area contributed by atoms with Gasteiger partial charge < -0.3 is 4.74 Å². The Morgan fingerprint density at radius 2 is 2.09 bits per heavy atom. The number of rotatable bonds is 5. The number of ether oxygens (including phenoxy) is 1. The topological polar surface area (TPSA) is 95.5 Å². The number of hydrogen-bond acceptors (Lipinski definition) is 7. The largest absolute Gasteiger partial charge is 0.377 e. The van der Waals surface area contributed by atoms with Crippen molar-refractivity contribution in [3.8, 4) is 0 Å². The van der Waals surface area contributed by atoms with Crippen molar-refractivity contribution in [2.75, 3.05) is 7.11 Å². The molecule has 2 heterocycles. The molecule has 1 aromatic carbocycles. The van der Waals surface area contributed by atoms with Gasteiger partial charge in [-0.3, -0.25) is 10.1 Å². The van der Waals surface area contributed by atoms with Gasteiger partial charge in [-0.2, -0.15) is 9.61 Å². The van der Waals surface area contributed by atoms with Gasteiger partial charge >= 0.3 is 0 Å². The quantitative estimate of drug-likeness (QED) is 0.529. The number of methoxy groups -OCH3 is 1. The second kappa shape index (κ2) is 6.00. The third-order valence-corrected chi connectivity index (χ3v) is 3.73. The van der Waals surface area contributed by atoms with E-state index >= 15 is 0 Å². The molecule has 0 fully saturated rings. The molecule has 0 saturated carbocycles. The Balaban J connectivity index is 1.81. The highest BCUT2D eigenvalue weighted by atomic mass is 32.1. The van der Waals surface area contributed by atoms with E-state index in [4.69, 9.17) is 4.74 Å². The van der Waals surface area contributed by atoms with Gasteiger partial charge in [0.05, 0.1) is 4.92 Å². The Hall–Kier alpha value is -2.65. The van der Waals surface area contributed by atoms with Crippen LogP contribution in [0.25, 0.3) is 17.1 Å². The minimum atomic E-state index is -0.423. The second-order valence-corrected chi connectivity index (χ2v) is 5.35. The van der Waals surface area contributed by atoms with E-state index in [9.17, 15) is 10.1 Å². The maximum atomic E-state index is 10.6. The number of nitrogens with zero attached hydrogens (tertiary/aromatic N) is 5. The summed E-state index contributed by atoms with van der Waals surface area (Å²) in [5.74, 6) is 0.642. The van der Waals surface area contributed by atoms with E-state index in [1.165, 1.54) is 23.5 Å². The molecule has 22 heavy (non-hydrogen) atoms. The van der Waals surface area contributed by atoms with Crippen LogP contribution in [0, 0.1) is 10.1 Å². The van der Waals surface area contributed by atoms with Crippen molar-refractivity contribution in [3.63, 3.8) is 0 Å². The SMILES string of the molecule is COCc1nnc2sc(/C=C/c3ccc([N+](=O)[O-])cc3)nn12. The highest BCUT2D eigenvalue weighted by Crippen LogP contribution is 2.18. The molecule has 3 aromatic rings. The van der Waals surface area contributed by atoms with Crippen LogP contribution in [0.1, 0.15) is 16.4 Å². The number of benzene rings is 1. The zero-order valence-electron chi connectivity index (χ0n) is 11.5. The molecule has 9 heteroatoms. The van der Waals surface area contributed by atoms with E-state index in [1.807, 2.05) is 12.2 Å². The van der Waals surface area contributed by atoms with Gasteiger partial charge in [-0.15, -0.1) is 10.2 Å². The predicted octanol–water partition coefficient (Wildman–Crippen LogP) is 2.41. The first kappa shape index (κ1) is 14.3. The molecule has 0 aliphatic heterocycles. The van der Waals surface area contributed by atoms with Crippen LogP contribution >= 0.6 is 11.3 Å². The van der Waals surface area contributed by atoms with Gasteiger partial charge in [0.25, 0.3) is 5.69 Å². The van der Waals surface area contributed by atoms with Crippen LogP contribution < -0.4 is 0 Å². The van der Waals surface area contributed by atoms with Gasteiger partial charge in [-0.1, -0.05) is 17.4 Å². The molecule has 8 nitrogen and oxygen atoms in total. The minimum absolute atomic E-state index is 0.0696. The minimum Gasteiger partial charge on any atom is -0.377 e. The first-order valence-corrected chi connectivity index (χ1v) is 7.11. The first-order chi connectivity index (χ1) is 10.7. The average Bonchev–Trinajstić information content (AvgIpc) is 3.07. The summed E-state index contributed by atoms with van der Waals surface area (Å²) in [5.41, 5.74) is 0.925. The lowest BCUT2D eigenvalue weighted by atomic mass is 10.2. The van der Waals surface area contributed by atoms with Crippen molar-refractivity contribution in [1.29, 1.82) is 0 Å². The summed E-state index contributed by atoms with van der Waals surface area (Å²) in [6.45, 7) is 0.344. The number of aromatic nitrogens is 4. The van der Waals surface area contributed by atoms with Crippen LogP contribution in [0.5, 0.6) is 0 Å². The van der Waals surface area contributed by atoms with Crippen molar-refractivity contribution < 1.29 is 9.66 Å². The molecule has 0 amide bonds. The number of nitro groups is 1. The molecule has 0 saturated heterocycles. The lowest BCUT2D eigenvalue weighted by Crippen LogP contribution is -1.97. The highest BCUT2D eigenvalue weighted by Gasteiger charge is 2.09. The van der Waals surface area contributed by atoms with Crippen molar-refractivity contribution >= 4 is 34.1 Å². The van der Waals surface area contributed by atoms with Gasteiger partial charge in [-0.25, -0.2) is 0 Å². The summed E-state index contributed by atoms with van der Waals surface area (Å²) < 4.78 is 6.67.